The molecule has 1 heterocycles. The molecule has 5 atom stereocenters. The maximum absolute atomic E-state index is 11.3. The van der Waals surface area contributed by atoms with E-state index in [1.807, 2.05) is 0 Å². The molecule has 0 aromatic carbocycles. The summed E-state index contributed by atoms with van der Waals surface area (Å²) in [6, 6.07) is 0. The van der Waals surface area contributed by atoms with Crippen molar-refractivity contribution in [3.63, 3.8) is 0 Å². The lowest BCUT2D eigenvalue weighted by Crippen LogP contribution is -2.49. The Balaban J connectivity index is 1.86. The Labute approximate surface area is 144 Å². The first kappa shape index (κ1) is 17.7. The van der Waals surface area contributed by atoms with Gasteiger partial charge in [0.1, 0.15) is 0 Å². The molecule has 1 fully saturated rings. The highest BCUT2D eigenvalue weighted by Gasteiger charge is 2.52. The van der Waals surface area contributed by atoms with Crippen LogP contribution >= 0.6 is 0 Å². The van der Waals surface area contributed by atoms with Gasteiger partial charge in [-0.15, -0.1) is 0 Å². The summed E-state index contributed by atoms with van der Waals surface area (Å²) in [6.07, 6.45) is 6.70. The van der Waals surface area contributed by atoms with Crippen molar-refractivity contribution in [3.8, 4) is 0 Å². The number of carbonyl (C=O) groups is 1. The Hall–Kier alpha value is -1.13. The molecule has 0 aromatic heterocycles. The first-order chi connectivity index (χ1) is 11.1. The van der Waals surface area contributed by atoms with Crippen molar-refractivity contribution in [2.24, 2.45) is 22.7 Å². The van der Waals surface area contributed by atoms with Gasteiger partial charge in [0.25, 0.3) is 0 Å². The van der Waals surface area contributed by atoms with Crippen LogP contribution in [0.1, 0.15) is 59.8 Å². The predicted octanol–water partition coefficient (Wildman–Crippen LogP) is 3.34. The fraction of sp³-hybridized carbons (Fsp3) is 0.750. The van der Waals surface area contributed by atoms with Crippen LogP contribution in [-0.4, -0.2) is 28.6 Å². The largest absolute Gasteiger partial charge is 0.429 e. The molecule has 24 heavy (non-hydrogen) atoms. The highest BCUT2D eigenvalue weighted by molar-refractivity contribution is 5.85. The van der Waals surface area contributed by atoms with E-state index < -0.39 is 18.4 Å². The molecule has 5 unspecified atom stereocenters. The zero-order chi connectivity index (χ0) is 17.7. The molecule has 0 aromatic rings. The number of ether oxygens (including phenoxy) is 1. The zero-order valence-corrected chi connectivity index (χ0v) is 15.2. The van der Waals surface area contributed by atoms with Crippen LogP contribution in [0.2, 0.25) is 0 Å². The SMILES string of the molecule is CC1=CCC2C(C)(C)CCCC2(C)C1CC(O)C1=CC(=O)OC1O. The van der Waals surface area contributed by atoms with E-state index in [0.717, 1.165) is 6.42 Å². The number of hydrogen-bond donors (Lipinski definition) is 2. The number of fused-ring (bicyclic) bond motifs is 1. The number of aliphatic hydroxyl groups excluding tert-OH is 2. The summed E-state index contributed by atoms with van der Waals surface area (Å²) in [5.41, 5.74) is 2.08. The molecule has 3 aliphatic rings. The van der Waals surface area contributed by atoms with E-state index in [0.29, 0.717) is 23.3 Å². The van der Waals surface area contributed by atoms with Crippen LogP contribution < -0.4 is 0 Å². The molecular formula is C20H30O4. The summed E-state index contributed by atoms with van der Waals surface area (Å²) in [5, 5.41) is 20.5. The zero-order valence-electron chi connectivity index (χ0n) is 15.2. The second-order valence-corrected chi connectivity index (χ2v) is 8.82. The lowest BCUT2D eigenvalue weighted by atomic mass is 9.48. The average molecular weight is 334 g/mol. The van der Waals surface area contributed by atoms with E-state index in [-0.39, 0.29) is 11.3 Å². The van der Waals surface area contributed by atoms with Gasteiger partial charge in [-0.05, 0) is 55.3 Å². The molecule has 4 nitrogen and oxygen atoms in total. The van der Waals surface area contributed by atoms with Gasteiger partial charge in [0, 0.05) is 11.6 Å². The Bertz CT molecular complexity index is 588. The Morgan fingerprint density at radius 2 is 2.04 bits per heavy atom. The smallest absolute Gasteiger partial charge is 0.333 e. The van der Waals surface area contributed by atoms with Gasteiger partial charge in [-0.25, -0.2) is 4.79 Å². The van der Waals surface area contributed by atoms with Crippen LogP contribution in [0.15, 0.2) is 23.3 Å². The summed E-state index contributed by atoms with van der Waals surface area (Å²) in [6.45, 7) is 9.26. The Kier molecular flexibility index (Phi) is 4.42. The van der Waals surface area contributed by atoms with Crippen molar-refractivity contribution in [2.75, 3.05) is 0 Å². The topological polar surface area (TPSA) is 66.8 Å². The number of hydrogen-bond acceptors (Lipinski definition) is 4. The molecule has 0 amide bonds. The maximum atomic E-state index is 11.3. The molecule has 0 radical (unpaired) electrons. The normalized spacial score (nSPS) is 39.6. The van der Waals surface area contributed by atoms with Gasteiger partial charge < -0.3 is 14.9 Å². The second kappa shape index (κ2) is 5.99. The van der Waals surface area contributed by atoms with Gasteiger partial charge >= 0.3 is 5.97 Å². The van der Waals surface area contributed by atoms with Crippen LogP contribution in [0.25, 0.3) is 0 Å². The molecule has 1 saturated carbocycles. The van der Waals surface area contributed by atoms with Crippen molar-refractivity contribution in [3.05, 3.63) is 23.3 Å². The third-order valence-electron chi connectivity index (χ3n) is 6.94. The third kappa shape index (κ3) is 2.84. The van der Waals surface area contributed by atoms with Gasteiger partial charge in [-0.1, -0.05) is 38.8 Å². The number of rotatable bonds is 3. The average Bonchev–Trinajstić information content (AvgIpc) is 2.80. The van der Waals surface area contributed by atoms with Crippen LogP contribution in [0.4, 0.5) is 0 Å². The molecule has 3 rings (SSSR count). The van der Waals surface area contributed by atoms with Crippen molar-refractivity contribution in [1.29, 1.82) is 0 Å². The van der Waals surface area contributed by atoms with Gasteiger partial charge in [0.15, 0.2) is 0 Å². The minimum Gasteiger partial charge on any atom is -0.429 e. The van der Waals surface area contributed by atoms with E-state index in [1.165, 1.54) is 30.9 Å². The number of aliphatic hydroxyl groups is 2. The minimum atomic E-state index is -1.30. The number of allylic oxidation sites excluding steroid dienone is 2. The van der Waals surface area contributed by atoms with Crippen molar-refractivity contribution in [1.82, 2.24) is 0 Å². The summed E-state index contributed by atoms with van der Waals surface area (Å²) in [7, 11) is 0. The van der Waals surface area contributed by atoms with E-state index in [2.05, 4.69) is 33.8 Å². The van der Waals surface area contributed by atoms with E-state index in [9.17, 15) is 15.0 Å². The van der Waals surface area contributed by atoms with E-state index in [4.69, 9.17) is 4.74 Å². The molecule has 4 heteroatoms. The van der Waals surface area contributed by atoms with Gasteiger partial charge in [-0.3, -0.25) is 0 Å². The van der Waals surface area contributed by atoms with Crippen molar-refractivity contribution < 1.29 is 19.7 Å². The second-order valence-electron chi connectivity index (χ2n) is 8.82. The molecule has 2 aliphatic carbocycles. The molecule has 0 spiro atoms. The van der Waals surface area contributed by atoms with Gasteiger partial charge in [-0.2, -0.15) is 0 Å². The van der Waals surface area contributed by atoms with E-state index in [1.54, 1.807) is 0 Å². The first-order valence-corrected chi connectivity index (χ1v) is 9.10. The fourth-order valence-corrected chi connectivity index (χ4v) is 5.63. The van der Waals surface area contributed by atoms with Crippen LogP contribution in [0.5, 0.6) is 0 Å². The summed E-state index contributed by atoms with van der Waals surface area (Å²) in [4.78, 5) is 11.3. The quantitative estimate of drug-likeness (QED) is 0.614. The molecule has 0 bridgehead atoms. The van der Waals surface area contributed by atoms with Crippen molar-refractivity contribution >= 4 is 5.97 Å². The lowest BCUT2D eigenvalue weighted by Gasteiger charge is -2.57. The predicted molar refractivity (Wildman–Crippen MR) is 91.9 cm³/mol. The Morgan fingerprint density at radius 3 is 2.67 bits per heavy atom. The number of carbonyl (C=O) groups excluding carboxylic acids is 1. The molecule has 1 aliphatic heterocycles. The fourth-order valence-electron chi connectivity index (χ4n) is 5.63. The van der Waals surface area contributed by atoms with Crippen molar-refractivity contribution in [2.45, 2.75) is 72.2 Å². The number of esters is 1. The lowest BCUT2D eigenvalue weighted by molar-refractivity contribution is -0.152. The molecular weight excluding hydrogens is 304 g/mol. The summed E-state index contributed by atoms with van der Waals surface area (Å²) in [5.74, 6) is 0.282. The van der Waals surface area contributed by atoms with E-state index >= 15 is 0 Å². The van der Waals surface area contributed by atoms with Crippen LogP contribution in [-0.2, 0) is 9.53 Å². The monoisotopic (exact) mass is 334 g/mol. The molecule has 2 N–H and O–H groups in total. The molecule has 0 saturated heterocycles. The van der Waals surface area contributed by atoms with Gasteiger partial charge in [0.05, 0.1) is 6.10 Å². The van der Waals surface area contributed by atoms with Gasteiger partial charge in [0.2, 0.25) is 6.29 Å². The third-order valence-corrected chi connectivity index (χ3v) is 6.94. The van der Waals surface area contributed by atoms with Crippen LogP contribution in [0, 0.1) is 22.7 Å². The highest BCUT2D eigenvalue weighted by atomic mass is 16.6. The Morgan fingerprint density at radius 1 is 1.33 bits per heavy atom. The summed E-state index contributed by atoms with van der Waals surface area (Å²) >= 11 is 0. The first-order valence-electron chi connectivity index (χ1n) is 9.10. The minimum absolute atomic E-state index is 0.149. The number of cyclic esters (lactones) is 1. The summed E-state index contributed by atoms with van der Waals surface area (Å²) < 4.78 is 4.73. The maximum Gasteiger partial charge on any atom is 0.333 e. The molecule has 134 valence electrons. The highest BCUT2D eigenvalue weighted by Crippen LogP contribution is 2.60. The van der Waals surface area contributed by atoms with Crippen LogP contribution in [0.3, 0.4) is 0 Å². The standard InChI is InChI=1S/C20H30O4/c1-12-6-7-16-19(2,3)8-5-9-20(16,4)14(12)11-15(21)13-10-17(22)24-18(13)23/h6,10,14-16,18,21,23H,5,7-9,11H2,1-4H3.